The van der Waals surface area contributed by atoms with Crippen molar-refractivity contribution >= 4 is 11.6 Å². The Bertz CT molecular complexity index is 643. The third-order valence-electron chi connectivity index (χ3n) is 3.99. The Balaban J connectivity index is 1.67. The average molecular weight is 296 g/mol. The van der Waals surface area contributed by atoms with Crippen molar-refractivity contribution in [2.75, 3.05) is 5.32 Å². The number of rotatable bonds is 4. The molecule has 0 aliphatic heterocycles. The van der Waals surface area contributed by atoms with Gasteiger partial charge in [-0.1, -0.05) is 30.7 Å². The van der Waals surface area contributed by atoms with E-state index in [1.165, 1.54) is 0 Å². The first kappa shape index (κ1) is 14.6. The van der Waals surface area contributed by atoms with Gasteiger partial charge in [0, 0.05) is 17.8 Å². The van der Waals surface area contributed by atoms with Crippen LogP contribution < -0.4 is 15.8 Å². The third kappa shape index (κ3) is 3.46. The summed E-state index contributed by atoms with van der Waals surface area (Å²) in [7, 11) is 0. The molecule has 0 radical (unpaired) electrons. The van der Waals surface area contributed by atoms with E-state index >= 15 is 0 Å². The van der Waals surface area contributed by atoms with Crippen molar-refractivity contribution in [2.24, 2.45) is 11.7 Å². The van der Waals surface area contributed by atoms with Gasteiger partial charge in [0.05, 0.1) is 5.92 Å². The van der Waals surface area contributed by atoms with Crippen molar-refractivity contribution < 1.29 is 9.53 Å². The number of para-hydroxylation sites is 1. The Kier molecular flexibility index (Phi) is 4.39. The second kappa shape index (κ2) is 6.62. The molecule has 0 aromatic heterocycles. The van der Waals surface area contributed by atoms with Crippen molar-refractivity contribution in [3.8, 4) is 11.5 Å². The normalized spacial score (nSPS) is 20.6. The van der Waals surface area contributed by atoms with Gasteiger partial charge in [0.25, 0.3) is 0 Å². The van der Waals surface area contributed by atoms with E-state index in [2.05, 4.69) is 5.32 Å². The van der Waals surface area contributed by atoms with Crippen molar-refractivity contribution in [3.63, 3.8) is 0 Å². The molecule has 1 fully saturated rings. The summed E-state index contributed by atoms with van der Waals surface area (Å²) in [5.74, 6) is 1.38. The van der Waals surface area contributed by atoms with Crippen LogP contribution in [0, 0.1) is 5.92 Å². The van der Waals surface area contributed by atoms with Gasteiger partial charge in [-0.05, 0) is 37.1 Å². The molecule has 0 heterocycles. The average Bonchev–Trinajstić information content (AvgIpc) is 2.95. The number of nitrogens with one attached hydrogen (secondary N) is 1. The van der Waals surface area contributed by atoms with Crippen LogP contribution in [-0.2, 0) is 4.79 Å². The Hall–Kier alpha value is -2.33. The molecular weight excluding hydrogens is 276 g/mol. The Morgan fingerprint density at radius 3 is 2.55 bits per heavy atom. The molecule has 22 heavy (non-hydrogen) atoms. The number of benzene rings is 2. The topological polar surface area (TPSA) is 64.4 Å². The summed E-state index contributed by atoms with van der Waals surface area (Å²) in [4.78, 5) is 12.3. The summed E-state index contributed by atoms with van der Waals surface area (Å²) in [6.07, 6.45) is 2.82. The second-order valence-electron chi connectivity index (χ2n) is 5.63. The quantitative estimate of drug-likeness (QED) is 0.907. The Morgan fingerprint density at radius 1 is 1.05 bits per heavy atom. The predicted octanol–water partition coefficient (Wildman–Crippen LogP) is 3.54. The molecule has 3 N–H and O–H groups in total. The minimum atomic E-state index is -0.0845. The molecule has 2 aromatic rings. The highest BCUT2D eigenvalue weighted by molar-refractivity contribution is 5.93. The van der Waals surface area contributed by atoms with Crippen LogP contribution in [0.15, 0.2) is 54.6 Å². The molecular formula is C18H20N2O2. The molecule has 0 spiro atoms. The summed E-state index contributed by atoms with van der Waals surface area (Å²) >= 11 is 0. The molecule has 2 unspecified atom stereocenters. The molecule has 4 nitrogen and oxygen atoms in total. The van der Waals surface area contributed by atoms with E-state index in [1.54, 1.807) is 0 Å². The monoisotopic (exact) mass is 296 g/mol. The summed E-state index contributed by atoms with van der Waals surface area (Å²) in [6, 6.07) is 16.9. The van der Waals surface area contributed by atoms with Gasteiger partial charge < -0.3 is 15.8 Å². The van der Waals surface area contributed by atoms with Crippen LogP contribution in [0.2, 0.25) is 0 Å². The zero-order chi connectivity index (χ0) is 15.4. The van der Waals surface area contributed by atoms with Gasteiger partial charge in [0.15, 0.2) is 0 Å². The first-order chi connectivity index (χ1) is 10.7. The molecule has 1 saturated carbocycles. The van der Waals surface area contributed by atoms with Crippen LogP contribution in [0.25, 0.3) is 0 Å². The molecule has 4 heteroatoms. The lowest BCUT2D eigenvalue weighted by Gasteiger charge is -2.15. The van der Waals surface area contributed by atoms with Gasteiger partial charge in [-0.25, -0.2) is 0 Å². The van der Waals surface area contributed by atoms with E-state index in [4.69, 9.17) is 10.5 Å². The standard InChI is InChI=1S/C18H20N2O2/c19-17-11-5-10-16(17)18(21)20-13-6-4-9-15(12-13)22-14-7-2-1-3-8-14/h1-4,6-9,12,16-17H,5,10-11,19H2,(H,20,21). The molecule has 0 saturated heterocycles. The summed E-state index contributed by atoms with van der Waals surface area (Å²) in [5, 5.41) is 2.94. The summed E-state index contributed by atoms with van der Waals surface area (Å²) < 4.78 is 5.77. The molecule has 3 rings (SSSR count). The van der Waals surface area contributed by atoms with E-state index in [0.29, 0.717) is 5.75 Å². The summed E-state index contributed by atoms with van der Waals surface area (Å²) in [6.45, 7) is 0. The first-order valence-corrected chi connectivity index (χ1v) is 7.62. The van der Waals surface area contributed by atoms with E-state index in [0.717, 1.165) is 30.7 Å². The largest absolute Gasteiger partial charge is 0.457 e. The highest BCUT2D eigenvalue weighted by atomic mass is 16.5. The number of amides is 1. The molecule has 114 valence electrons. The van der Waals surface area contributed by atoms with E-state index < -0.39 is 0 Å². The number of hydrogen-bond acceptors (Lipinski definition) is 3. The highest BCUT2D eigenvalue weighted by Gasteiger charge is 2.30. The Labute approximate surface area is 130 Å². The highest BCUT2D eigenvalue weighted by Crippen LogP contribution is 2.27. The smallest absolute Gasteiger partial charge is 0.229 e. The fourth-order valence-corrected chi connectivity index (χ4v) is 2.81. The fourth-order valence-electron chi connectivity index (χ4n) is 2.81. The van der Waals surface area contributed by atoms with Crippen LogP contribution in [0.3, 0.4) is 0 Å². The van der Waals surface area contributed by atoms with Crippen LogP contribution >= 0.6 is 0 Å². The molecule has 2 atom stereocenters. The minimum Gasteiger partial charge on any atom is -0.457 e. The predicted molar refractivity (Wildman–Crippen MR) is 86.9 cm³/mol. The van der Waals surface area contributed by atoms with Crippen LogP contribution in [0.4, 0.5) is 5.69 Å². The molecule has 2 aromatic carbocycles. The zero-order valence-corrected chi connectivity index (χ0v) is 12.4. The van der Waals surface area contributed by atoms with E-state index in [9.17, 15) is 4.79 Å². The number of ether oxygens (including phenoxy) is 1. The van der Waals surface area contributed by atoms with Gasteiger partial charge >= 0.3 is 0 Å². The van der Waals surface area contributed by atoms with E-state index in [1.807, 2.05) is 54.6 Å². The lowest BCUT2D eigenvalue weighted by Crippen LogP contribution is -2.34. The number of anilines is 1. The SMILES string of the molecule is NC1CCCC1C(=O)Nc1cccc(Oc2ccccc2)c1. The lowest BCUT2D eigenvalue weighted by atomic mass is 10.0. The van der Waals surface area contributed by atoms with Gasteiger partial charge in [-0.15, -0.1) is 0 Å². The molecule has 1 aliphatic carbocycles. The molecule has 1 aliphatic rings. The maximum absolute atomic E-state index is 12.3. The van der Waals surface area contributed by atoms with Crippen LogP contribution in [-0.4, -0.2) is 11.9 Å². The van der Waals surface area contributed by atoms with Gasteiger partial charge in [-0.3, -0.25) is 4.79 Å². The number of carbonyl (C=O) groups excluding carboxylic acids is 1. The van der Waals surface area contributed by atoms with Crippen molar-refractivity contribution in [2.45, 2.75) is 25.3 Å². The Morgan fingerprint density at radius 2 is 1.82 bits per heavy atom. The van der Waals surface area contributed by atoms with Gasteiger partial charge in [0.1, 0.15) is 11.5 Å². The zero-order valence-electron chi connectivity index (χ0n) is 12.4. The number of nitrogens with two attached hydrogens (primary N) is 1. The van der Waals surface area contributed by atoms with Crippen molar-refractivity contribution in [1.82, 2.24) is 0 Å². The fraction of sp³-hybridized carbons (Fsp3) is 0.278. The maximum Gasteiger partial charge on any atom is 0.229 e. The van der Waals surface area contributed by atoms with Crippen molar-refractivity contribution in [1.29, 1.82) is 0 Å². The second-order valence-corrected chi connectivity index (χ2v) is 5.63. The summed E-state index contributed by atoms with van der Waals surface area (Å²) in [5.41, 5.74) is 6.71. The molecule has 1 amide bonds. The van der Waals surface area contributed by atoms with Crippen molar-refractivity contribution in [3.05, 3.63) is 54.6 Å². The number of carbonyl (C=O) groups is 1. The lowest BCUT2D eigenvalue weighted by molar-refractivity contribution is -0.120. The van der Waals surface area contributed by atoms with E-state index in [-0.39, 0.29) is 17.9 Å². The number of hydrogen-bond donors (Lipinski definition) is 2. The van der Waals surface area contributed by atoms with Gasteiger partial charge in [-0.2, -0.15) is 0 Å². The minimum absolute atomic E-state index is 0.00172. The van der Waals surface area contributed by atoms with Gasteiger partial charge in [0.2, 0.25) is 5.91 Å². The first-order valence-electron chi connectivity index (χ1n) is 7.62. The maximum atomic E-state index is 12.3. The van der Waals surface area contributed by atoms with Crippen LogP contribution in [0.1, 0.15) is 19.3 Å². The van der Waals surface area contributed by atoms with Crippen LogP contribution in [0.5, 0.6) is 11.5 Å². The molecule has 0 bridgehead atoms. The third-order valence-corrected chi connectivity index (χ3v) is 3.99.